The molecule has 0 N–H and O–H groups in total. The maximum absolute atomic E-state index is 14.3. The van der Waals surface area contributed by atoms with Crippen molar-refractivity contribution in [1.29, 1.82) is 0 Å². The third-order valence-electron chi connectivity index (χ3n) is 3.27. The summed E-state index contributed by atoms with van der Waals surface area (Å²) in [5.41, 5.74) is -0.942. The van der Waals surface area contributed by atoms with E-state index >= 15 is 0 Å². The van der Waals surface area contributed by atoms with Crippen LogP contribution in [0.25, 0.3) is 0 Å². The van der Waals surface area contributed by atoms with Gasteiger partial charge in [-0.05, 0) is 39.2 Å². The predicted octanol–water partition coefficient (Wildman–Crippen LogP) is 2.85. The molecule has 0 unspecified atom stereocenters. The molecular weight excluding hydrogens is 165 g/mol. The van der Waals surface area contributed by atoms with Crippen molar-refractivity contribution in [1.82, 2.24) is 4.90 Å². The Morgan fingerprint density at radius 2 is 1.85 bits per heavy atom. The lowest BCUT2D eigenvalue weighted by atomic mass is 9.84. The molecule has 0 radical (unpaired) electrons. The van der Waals surface area contributed by atoms with Crippen molar-refractivity contribution in [3.8, 4) is 0 Å². The number of hydrogen-bond donors (Lipinski definition) is 0. The van der Waals surface area contributed by atoms with E-state index in [1.165, 1.54) is 0 Å². The van der Waals surface area contributed by atoms with Crippen LogP contribution in [0, 0.1) is 5.92 Å². The molecule has 0 spiro atoms. The topological polar surface area (TPSA) is 3.24 Å². The second-order valence-electron chi connectivity index (χ2n) is 4.86. The Morgan fingerprint density at radius 3 is 2.31 bits per heavy atom. The van der Waals surface area contributed by atoms with Crippen molar-refractivity contribution in [2.75, 3.05) is 13.1 Å². The molecule has 0 saturated carbocycles. The van der Waals surface area contributed by atoms with Gasteiger partial charge in [-0.15, -0.1) is 0 Å². The lowest BCUT2D eigenvalue weighted by Gasteiger charge is -2.41. The van der Waals surface area contributed by atoms with Gasteiger partial charge in [-0.1, -0.05) is 13.8 Å². The fraction of sp³-hybridized carbons (Fsp3) is 1.00. The van der Waals surface area contributed by atoms with Gasteiger partial charge in [0.25, 0.3) is 0 Å². The summed E-state index contributed by atoms with van der Waals surface area (Å²) < 4.78 is 14.3. The van der Waals surface area contributed by atoms with Crippen LogP contribution in [0.2, 0.25) is 0 Å². The molecule has 1 atom stereocenters. The molecule has 0 aromatic carbocycles. The summed E-state index contributed by atoms with van der Waals surface area (Å²) in [6.45, 7) is 9.96. The van der Waals surface area contributed by atoms with Gasteiger partial charge in [0.1, 0.15) is 5.67 Å². The van der Waals surface area contributed by atoms with Crippen LogP contribution in [0.1, 0.15) is 40.5 Å². The van der Waals surface area contributed by atoms with Crippen LogP contribution >= 0.6 is 0 Å². The van der Waals surface area contributed by atoms with E-state index in [0.717, 1.165) is 19.4 Å². The highest BCUT2D eigenvalue weighted by molar-refractivity contribution is 4.90. The Kier molecular flexibility index (Phi) is 3.33. The third kappa shape index (κ3) is 2.43. The Bertz CT molecular complexity index is 167. The second-order valence-corrected chi connectivity index (χ2v) is 4.86. The standard InChI is InChI=1S/C11H22FN/c1-9(2)11(12)6-5-7-13(8-11)10(3)4/h9-10H,5-8H2,1-4H3/t11-/m1/s1. The van der Waals surface area contributed by atoms with Crippen LogP contribution in [0.3, 0.4) is 0 Å². The quantitative estimate of drug-likeness (QED) is 0.642. The monoisotopic (exact) mass is 187 g/mol. The van der Waals surface area contributed by atoms with E-state index in [0.29, 0.717) is 12.6 Å². The zero-order valence-corrected chi connectivity index (χ0v) is 9.31. The largest absolute Gasteiger partial charge is 0.298 e. The first-order valence-corrected chi connectivity index (χ1v) is 5.38. The summed E-state index contributed by atoms with van der Waals surface area (Å²) >= 11 is 0. The smallest absolute Gasteiger partial charge is 0.126 e. The molecule has 1 saturated heterocycles. The summed E-state index contributed by atoms with van der Waals surface area (Å²) in [6, 6.07) is 0.481. The van der Waals surface area contributed by atoms with E-state index in [2.05, 4.69) is 18.7 Å². The molecule has 13 heavy (non-hydrogen) atoms. The summed E-state index contributed by atoms with van der Waals surface area (Å²) in [7, 11) is 0. The van der Waals surface area contributed by atoms with Crippen molar-refractivity contribution in [2.45, 2.75) is 52.2 Å². The van der Waals surface area contributed by atoms with E-state index < -0.39 is 5.67 Å². The highest BCUT2D eigenvalue weighted by atomic mass is 19.1. The van der Waals surface area contributed by atoms with Crippen molar-refractivity contribution < 1.29 is 4.39 Å². The molecule has 2 heteroatoms. The first-order chi connectivity index (χ1) is 5.96. The number of halogens is 1. The second kappa shape index (κ2) is 3.95. The third-order valence-corrected chi connectivity index (χ3v) is 3.27. The molecule has 1 heterocycles. The van der Waals surface area contributed by atoms with Gasteiger partial charge in [0.2, 0.25) is 0 Å². The number of nitrogens with zero attached hydrogens (tertiary/aromatic N) is 1. The summed E-state index contributed by atoms with van der Waals surface area (Å²) in [5.74, 6) is 0.147. The Morgan fingerprint density at radius 1 is 1.23 bits per heavy atom. The molecule has 0 bridgehead atoms. The number of likely N-dealkylation sites (tertiary alicyclic amines) is 1. The molecule has 78 valence electrons. The van der Waals surface area contributed by atoms with Crippen LogP contribution in [-0.2, 0) is 0 Å². The Labute approximate surface area is 81.3 Å². The normalized spacial score (nSPS) is 31.6. The van der Waals surface area contributed by atoms with Gasteiger partial charge in [0.05, 0.1) is 0 Å². The van der Waals surface area contributed by atoms with E-state index in [9.17, 15) is 4.39 Å². The maximum atomic E-state index is 14.3. The number of hydrogen-bond acceptors (Lipinski definition) is 1. The van der Waals surface area contributed by atoms with Crippen molar-refractivity contribution in [3.63, 3.8) is 0 Å². The number of piperidine rings is 1. The van der Waals surface area contributed by atoms with Crippen LogP contribution in [0.4, 0.5) is 4.39 Å². The Balaban J connectivity index is 2.60. The molecular formula is C11H22FN. The van der Waals surface area contributed by atoms with Gasteiger partial charge < -0.3 is 0 Å². The van der Waals surface area contributed by atoms with Gasteiger partial charge in [-0.3, -0.25) is 4.90 Å². The molecule has 0 amide bonds. The minimum atomic E-state index is -0.942. The van der Waals surface area contributed by atoms with Gasteiger partial charge in [-0.2, -0.15) is 0 Å². The van der Waals surface area contributed by atoms with Crippen LogP contribution in [-0.4, -0.2) is 29.7 Å². The van der Waals surface area contributed by atoms with Gasteiger partial charge >= 0.3 is 0 Å². The molecule has 1 fully saturated rings. The van der Waals surface area contributed by atoms with E-state index in [4.69, 9.17) is 0 Å². The summed E-state index contributed by atoms with van der Waals surface area (Å²) in [6.07, 6.45) is 1.75. The average Bonchev–Trinajstić information content (AvgIpc) is 2.04. The molecule has 1 aliphatic heterocycles. The first-order valence-electron chi connectivity index (χ1n) is 5.38. The SMILES string of the molecule is CC(C)N1CCC[C@](F)(C(C)C)C1. The fourth-order valence-electron chi connectivity index (χ4n) is 1.98. The average molecular weight is 187 g/mol. The first kappa shape index (κ1) is 11.0. The molecule has 0 aromatic heterocycles. The fourth-order valence-corrected chi connectivity index (χ4v) is 1.98. The van der Waals surface area contributed by atoms with Gasteiger partial charge in [0, 0.05) is 12.6 Å². The van der Waals surface area contributed by atoms with E-state index in [1.54, 1.807) is 0 Å². The van der Waals surface area contributed by atoms with Crippen molar-refractivity contribution >= 4 is 0 Å². The van der Waals surface area contributed by atoms with Crippen LogP contribution < -0.4 is 0 Å². The van der Waals surface area contributed by atoms with E-state index in [1.807, 2.05) is 13.8 Å². The zero-order chi connectivity index (χ0) is 10.1. The number of alkyl halides is 1. The van der Waals surface area contributed by atoms with Gasteiger partial charge in [0.15, 0.2) is 0 Å². The van der Waals surface area contributed by atoms with Gasteiger partial charge in [-0.25, -0.2) is 4.39 Å². The molecule has 0 aromatic rings. The molecule has 1 rings (SSSR count). The number of rotatable bonds is 2. The lowest BCUT2D eigenvalue weighted by molar-refractivity contribution is -0.00374. The minimum Gasteiger partial charge on any atom is -0.298 e. The summed E-state index contributed by atoms with van der Waals surface area (Å²) in [5, 5.41) is 0. The molecule has 1 nitrogen and oxygen atoms in total. The lowest BCUT2D eigenvalue weighted by Crippen LogP contribution is -2.50. The van der Waals surface area contributed by atoms with Crippen LogP contribution in [0.5, 0.6) is 0 Å². The highest BCUT2D eigenvalue weighted by Gasteiger charge is 2.38. The minimum absolute atomic E-state index is 0.147. The van der Waals surface area contributed by atoms with Crippen LogP contribution in [0.15, 0.2) is 0 Å². The Hall–Kier alpha value is -0.110. The zero-order valence-electron chi connectivity index (χ0n) is 9.31. The summed E-state index contributed by atoms with van der Waals surface area (Å²) in [4.78, 5) is 2.25. The molecule has 0 aliphatic carbocycles. The van der Waals surface area contributed by atoms with E-state index in [-0.39, 0.29) is 5.92 Å². The predicted molar refractivity (Wildman–Crippen MR) is 54.6 cm³/mol. The van der Waals surface area contributed by atoms with Crippen molar-refractivity contribution in [2.24, 2.45) is 5.92 Å². The highest BCUT2D eigenvalue weighted by Crippen LogP contribution is 2.32. The molecule has 1 aliphatic rings. The maximum Gasteiger partial charge on any atom is 0.126 e. The van der Waals surface area contributed by atoms with Crippen molar-refractivity contribution in [3.05, 3.63) is 0 Å².